The fraction of sp³-hybridized carbons (Fsp3) is 0.258. The van der Waals surface area contributed by atoms with Crippen molar-refractivity contribution in [3.05, 3.63) is 99.5 Å². The van der Waals surface area contributed by atoms with Gasteiger partial charge in [-0.25, -0.2) is 4.98 Å². The first-order valence-electron chi connectivity index (χ1n) is 13.4. The highest BCUT2D eigenvalue weighted by molar-refractivity contribution is 7.09. The van der Waals surface area contributed by atoms with Gasteiger partial charge in [0.2, 0.25) is 6.79 Å². The molecule has 2 aliphatic heterocycles. The summed E-state index contributed by atoms with van der Waals surface area (Å²) in [5.74, 6) is 1.05. The maximum Gasteiger partial charge on any atom is 0.416 e. The van der Waals surface area contributed by atoms with E-state index in [2.05, 4.69) is 10.3 Å². The Bertz CT molecular complexity index is 1610. The molecule has 2 aliphatic rings. The number of nitrogens with zero attached hydrogens (tertiary/aromatic N) is 2. The third-order valence-corrected chi connectivity index (χ3v) is 8.46. The summed E-state index contributed by atoms with van der Waals surface area (Å²) >= 11 is 1.44. The predicted molar refractivity (Wildman–Crippen MR) is 151 cm³/mol. The van der Waals surface area contributed by atoms with Gasteiger partial charge in [-0.2, -0.15) is 13.2 Å². The molecular weight excluding hydrogens is 567 g/mol. The minimum Gasteiger partial charge on any atom is -0.454 e. The standard InChI is InChI=1S/C31H26F3N3O4S/c32-31(33,34)22-8-6-20(7-9-22)23-3-1-2-4-24(23)30(39)37-13-11-21(12-14-37)29-36-25(17-42-29)28(38)35-16-19-5-10-26-27(15-19)41-18-40-26/h1-10,15,17,21H,11-14,16,18H2,(H,35,38). The van der Waals surface area contributed by atoms with Crippen molar-refractivity contribution < 1.29 is 32.2 Å². The summed E-state index contributed by atoms with van der Waals surface area (Å²) in [5.41, 5.74) is 2.11. The third kappa shape index (κ3) is 5.82. The number of nitrogens with one attached hydrogen (secondary N) is 1. The van der Waals surface area contributed by atoms with Crippen molar-refractivity contribution in [2.24, 2.45) is 0 Å². The number of rotatable bonds is 6. The van der Waals surface area contributed by atoms with Gasteiger partial charge < -0.3 is 19.7 Å². The Balaban J connectivity index is 1.06. The molecule has 1 fully saturated rings. The molecule has 1 saturated heterocycles. The van der Waals surface area contributed by atoms with E-state index in [1.165, 1.54) is 23.5 Å². The summed E-state index contributed by atoms with van der Waals surface area (Å²) in [6, 6.07) is 17.3. The zero-order chi connectivity index (χ0) is 29.3. The second kappa shape index (κ2) is 11.5. The van der Waals surface area contributed by atoms with Crippen LogP contribution in [0.1, 0.15) is 55.7 Å². The zero-order valence-corrected chi connectivity index (χ0v) is 23.1. The fourth-order valence-electron chi connectivity index (χ4n) is 5.16. The number of fused-ring (bicyclic) bond motifs is 1. The SMILES string of the molecule is O=C(NCc1ccc2c(c1)OCO2)c1csc(C2CCN(C(=O)c3ccccc3-c3ccc(C(F)(F)F)cc3)CC2)n1. The lowest BCUT2D eigenvalue weighted by atomic mass is 9.94. The van der Waals surface area contributed by atoms with E-state index in [9.17, 15) is 22.8 Å². The number of carbonyl (C=O) groups excluding carboxylic acids is 2. The Morgan fingerprint density at radius 2 is 1.71 bits per heavy atom. The van der Waals surface area contributed by atoms with Crippen molar-refractivity contribution in [2.45, 2.75) is 31.5 Å². The predicted octanol–water partition coefficient (Wildman–Crippen LogP) is 6.51. The highest BCUT2D eigenvalue weighted by atomic mass is 32.1. The molecule has 0 spiro atoms. The maximum atomic E-state index is 13.5. The van der Waals surface area contributed by atoms with Crippen LogP contribution in [0.5, 0.6) is 11.5 Å². The second-order valence-corrected chi connectivity index (χ2v) is 11.0. The van der Waals surface area contributed by atoms with Crippen LogP contribution in [0.15, 0.2) is 72.1 Å². The van der Waals surface area contributed by atoms with Gasteiger partial charge in [0.15, 0.2) is 11.5 Å². The number of hydrogen-bond acceptors (Lipinski definition) is 6. The van der Waals surface area contributed by atoms with E-state index in [0.717, 1.165) is 22.7 Å². The average molecular weight is 594 g/mol. The minimum atomic E-state index is -4.42. The first-order valence-corrected chi connectivity index (χ1v) is 14.3. The number of benzene rings is 3. The van der Waals surface area contributed by atoms with Crippen LogP contribution < -0.4 is 14.8 Å². The lowest BCUT2D eigenvalue weighted by Crippen LogP contribution is -2.38. The Morgan fingerprint density at radius 1 is 0.976 bits per heavy atom. The number of piperidine rings is 1. The van der Waals surface area contributed by atoms with E-state index >= 15 is 0 Å². The number of hydrogen-bond donors (Lipinski definition) is 1. The Morgan fingerprint density at radius 3 is 2.48 bits per heavy atom. The molecule has 216 valence electrons. The number of ether oxygens (including phenoxy) is 2. The van der Waals surface area contributed by atoms with Crippen LogP contribution in [0.4, 0.5) is 13.2 Å². The van der Waals surface area contributed by atoms with Crippen molar-refractivity contribution >= 4 is 23.2 Å². The van der Waals surface area contributed by atoms with Gasteiger partial charge in [-0.1, -0.05) is 36.4 Å². The molecular formula is C31H26F3N3O4S. The molecule has 42 heavy (non-hydrogen) atoms. The number of amides is 2. The number of carbonyl (C=O) groups is 2. The van der Waals surface area contributed by atoms with Gasteiger partial charge in [0.05, 0.1) is 10.6 Å². The molecule has 1 N–H and O–H groups in total. The van der Waals surface area contributed by atoms with Gasteiger partial charge in [-0.05, 0) is 59.9 Å². The van der Waals surface area contributed by atoms with Gasteiger partial charge >= 0.3 is 6.18 Å². The molecule has 0 bridgehead atoms. The Labute approximate surface area is 243 Å². The summed E-state index contributed by atoms with van der Waals surface area (Å²) in [6.45, 7) is 1.54. The molecule has 3 aromatic carbocycles. The first-order chi connectivity index (χ1) is 20.3. The summed E-state index contributed by atoms with van der Waals surface area (Å²) in [4.78, 5) is 32.6. The quantitative estimate of drug-likeness (QED) is 0.276. The van der Waals surface area contributed by atoms with Crippen LogP contribution in [0.2, 0.25) is 0 Å². The van der Waals surface area contributed by atoms with E-state index in [4.69, 9.17) is 9.47 Å². The maximum absolute atomic E-state index is 13.5. The number of aromatic nitrogens is 1. The molecule has 3 heterocycles. The largest absolute Gasteiger partial charge is 0.454 e. The third-order valence-electron chi connectivity index (χ3n) is 7.46. The smallest absolute Gasteiger partial charge is 0.416 e. The molecule has 2 amide bonds. The molecule has 4 aromatic rings. The van der Waals surface area contributed by atoms with Crippen LogP contribution >= 0.6 is 11.3 Å². The molecule has 0 atom stereocenters. The monoisotopic (exact) mass is 593 g/mol. The van der Waals surface area contributed by atoms with Crippen LogP contribution in [-0.2, 0) is 12.7 Å². The molecule has 0 aliphatic carbocycles. The molecule has 1 aromatic heterocycles. The Kier molecular flexibility index (Phi) is 7.59. The summed E-state index contributed by atoms with van der Waals surface area (Å²) in [7, 11) is 0. The van der Waals surface area contributed by atoms with E-state index in [0.29, 0.717) is 66.4 Å². The Hall–Kier alpha value is -4.38. The summed E-state index contributed by atoms with van der Waals surface area (Å²) < 4.78 is 49.7. The normalized spacial score (nSPS) is 15.1. The van der Waals surface area contributed by atoms with Crippen LogP contribution in [0, 0.1) is 0 Å². The number of thiazole rings is 1. The van der Waals surface area contributed by atoms with E-state index in [1.807, 2.05) is 18.2 Å². The summed E-state index contributed by atoms with van der Waals surface area (Å²) in [5, 5.41) is 5.51. The van der Waals surface area contributed by atoms with E-state index < -0.39 is 11.7 Å². The highest BCUT2D eigenvalue weighted by Gasteiger charge is 2.31. The summed E-state index contributed by atoms with van der Waals surface area (Å²) in [6.07, 6.45) is -3.03. The van der Waals surface area contributed by atoms with Crippen molar-refractivity contribution in [2.75, 3.05) is 19.9 Å². The van der Waals surface area contributed by atoms with Gasteiger partial charge in [-0.3, -0.25) is 9.59 Å². The first kappa shape index (κ1) is 27.8. The van der Waals surface area contributed by atoms with Crippen molar-refractivity contribution in [1.82, 2.24) is 15.2 Å². The highest BCUT2D eigenvalue weighted by Crippen LogP contribution is 2.35. The average Bonchev–Trinajstić information content (AvgIpc) is 3.69. The molecule has 0 radical (unpaired) electrons. The van der Waals surface area contributed by atoms with Gasteiger partial charge in [-0.15, -0.1) is 11.3 Å². The molecule has 6 rings (SSSR count). The fourth-order valence-corrected chi connectivity index (χ4v) is 6.13. The van der Waals surface area contributed by atoms with Crippen molar-refractivity contribution in [3.8, 4) is 22.6 Å². The van der Waals surface area contributed by atoms with E-state index in [-0.39, 0.29) is 24.5 Å². The lowest BCUT2D eigenvalue weighted by molar-refractivity contribution is -0.137. The lowest BCUT2D eigenvalue weighted by Gasteiger charge is -2.31. The number of alkyl halides is 3. The van der Waals surface area contributed by atoms with Crippen LogP contribution in [0.25, 0.3) is 11.1 Å². The van der Waals surface area contributed by atoms with Crippen molar-refractivity contribution in [3.63, 3.8) is 0 Å². The topological polar surface area (TPSA) is 80.8 Å². The zero-order valence-electron chi connectivity index (χ0n) is 22.3. The van der Waals surface area contributed by atoms with Crippen molar-refractivity contribution in [1.29, 1.82) is 0 Å². The number of likely N-dealkylation sites (tertiary alicyclic amines) is 1. The van der Waals surface area contributed by atoms with Crippen LogP contribution in [0.3, 0.4) is 0 Å². The van der Waals surface area contributed by atoms with Gasteiger partial charge in [0, 0.05) is 36.5 Å². The molecule has 0 unspecified atom stereocenters. The molecule has 0 saturated carbocycles. The molecule has 7 nitrogen and oxygen atoms in total. The van der Waals surface area contributed by atoms with Crippen LogP contribution in [-0.4, -0.2) is 41.6 Å². The van der Waals surface area contributed by atoms with E-state index in [1.54, 1.807) is 34.5 Å². The van der Waals surface area contributed by atoms with Gasteiger partial charge in [0.25, 0.3) is 11.8 Å². The van der Waals surface area contributed by atoms with Gasteiger partial charge in [0.1, 0.15) is 5.69 Å². The molecule has 11 heteroatoms. The second-order valence-electron chi connectivity index (χ2n) is 10.1. The minimum absolute atomic E-state index is 0.125. The number of halogens is 3.